The molecule has 2 aromatic carbocycles. The third kappa shape index (κ3) is 3.17. The molecule has 1 saturated heterocycles. The SMILES string of the molecule is Cc1c(C(=O)NCc2ccc(N3CCCC3)cc2)oc2c(Cl)cccc12. The number of anilines is 1. The molecule has 0 saturated carbocycles. The number of para-hydroxylation sites is 1. The zero-order valence-electron chi connectivity index (χ0n) is 14.7. The van der Waals surface area contributed by atoms with Crippen LogP contribution in [0.4, 0.5) is 5.69 Å². The Kier molecular flexibility index (Phi) is 4.60. The molecular weight excluding hydrogens is 348 g/mol. The summed E-state index contributed by atoms with van der Waals surface area (Å²) < 4.78 is 5.72. The van der Waals surface area contributed by atoms with Gasteiger partial charge >= 0.3 is 0 Å². The Hall–Kier alpha value is -2.46. The summed E-state index contributed by atoms with van der Waals surface area (Å²) in [5, 5.41) is 4.32. The third-order valence-electron chi connectivity index (χ3n) is 4.98. The van der Waals surface area contributed by atoms with Crippen LogP contribution in [0.2, 0.25) is 5.02 Å². The Morgan fingerprint density at radius 2 is 1.88 bits per heavy atom. The van der Waals surface area contributed by atoms with Crippen LogP contribution in [0.25, 0.3) is 11.0 Å². The molecule has 1 aliphatic rings. The maximum atomic E-state index is 12.5. The van der Waals surface area contributed by atoms with Crippen LogP contribution in [0.5, 0.6) is 0 Å². The van der Waals surface area contributed by atoms with Gasteiger partial charge in [0.15, 0.2) is 11.3 Å². The number of fused-ring (bicyclic) bond motifs is 1. The van der Waals surface area contributed by atoms with E-state index in [9.17, 15) is 4.79 Å². The highest BCUT2D eigenvalue weighted by molar-refractivity contribution is 6.35. The van der Waals surface area contributed by atoms with E-state index in [0.29, 0.717) is 22.9 Å². The first-order valence-electron chi connectivity index (χ1n) is 8.93. The largest absolute Gasteiger partial charge is 0.449 e. The fraction of sp³-hybridized carbons (Fsp3) is 0.286. The number of nitrogens with one attached hydrogen (secondary N) is 1. The van der Waals surface area contributed by atoms with Gasteiger partial charge in [-0.25, -0.2) is 0 Å². The fourth-order valence-corrected chi connectivity index (χ4v) is 3.70. The van der Waals surface area contributed by atoms with E-state index >= 15 is 0 Å². The lowest BCUT2D eigenvalue weighted by atomic mass is 10.1. The van der Waals surface area contributed by atoms with Gasteiger partial charge in [0.1, 0.15) is 0 Å². The number of hydrogen-bond acceptors (Lipinski definition) is 3. The molecule has 0 unspecified atom stereocenters. The number of rotatable bonds is 4. The van der Waals surface area contributed by atoms with Crippen molar-refractivity contribution in [3.05, 3.63) is 64.4 Å². The molecule has 0 aliphatic carbocycles. The van der Waals surface area contributed by atoms with Gasteiger partial charge in [0.25, 0.3) is 5.91 Å². The van der Waals surface area contributed by atoms with Gasteiger partial charge in [0, 0.05) is 36.3 Å². The molecule has 1 fully saturated rings. The van der Waals surface area contributed by atoms with Gasteiger partial charge in [-0.15, -0.1) is 0 Å². The molecule has 2 heterocycles. The number of furan rings is 1. The molecule has 1 aliphatic heterocycles. The van der Waals surface area contributed by atoms with Gasteiger partial charge in [-0.2, -0.15) is 0 Å². The van der Waals surface area contributed by atoms with Gasteiger partial charge in [-0.3, -0.25) is 4.79 Å². The number of benzene rings is 2. The van der Waals surface area contributed by atoms with Gasteiger partial charge in [-0.1, -0.05) is 35.9 Å². The molecule has 134 valence electrons. The summed E-state index contributed by atoms with van der Waals surface area (Å²) >= 11 is 6.16. The van der Waals surface area contributed by atoms with Crippen LogP contribution < -0.4 is 10.2 Å². The Bertz CT molecular complexity index is 941. The average molecular weight is 369 g/mol. The lowest BCUT2D eigenvalue weighted by Crippen LogP contribution is -2.23. The third-order valence-corrected chi connectivity index (χ3v) is 5.28. The van der Waals surface area contributed by atoms with E-state index in [1.807, 2.05) is 19.1 Å². The number of aryl methyl sites for hydroxylation is 1. The van der Waals surface area contributed by atoms with Crippen molar-refractivity contribution in [1.82, 2.24) is 5.32 Å². The minimum atomic E-state index is -0.224. The average Bonchev–Trinajstić information content (AvgIpc) is 3.30. The molecular formula is C21H21ClN2O2. The second-order valence-electron chi connectivity index (χ2n) is 6.72. The van der Waals surface area contributed by atoms with Crippen molar-refractivity contribution >= 4 is 34.2 Å². The number of hydrogen-bond donors (Lipinski definition) is 1. The number of amides is 1. The highest BCUT2D eigenvalue weighted by Crippen LogP contribution is 2.30. The quantitative estimate of drug-likeness (QED) is 0.710. The number of carbonyl (C=O) groups excluding carboxylic acids is 1. The van der Waals surface area contributed by atoms with E-state index in [-0.39, 0.29) is 5.91 Å². The van der Waals surface area contributed by atoms with Crippen LogP contribution in [0.15, 0.2) is 46.9 Å². The first kappa shape index (κ1) is 17.0. The molecule has 3 aromatic rings. The van der Waals surface area contributed by atoms with Crippen molar-refractivity contribution in [2.45, 2.75) is 26.3 Å². The lowest BCUT2D eigenvalue weighted by molar-refractivity contribution is 0.0924. The van der Waals surface area contributed by atoms with E-state index in [0.717, 1.165) is 29.6 Å². The molecule has 0 radical (unpaired) electrons. The highest BCUT2D eigenvalue weighted by atomic mass is 35.5. The van der Waals surface area contributed by atoms with Crippen LogP contribution in [0.3, 0.4) is 0 Å². The van der Waals surface area contributed by atoms with Gasteiger partial charge in [0.2, 0.25) is 0 Å². The monoisotopic (exact) mass is 368 g/mol. The Morgan fingerprint density at radius 1 is 1.15 bits per heavy atom. The first-order chi connectivity index (χ1) is 12.6. The van der Waals surface area contributed by atoms with Crippen molar-refractivity contribution in [3.8, 4) is 0 Å². The minimum absolute atomic E-state index is 0.224. The topological polar surface area (TPSA) is 45.5 Å². The molecule has 0 spiro atoms. The van der Waals surface area contributed by atoms with Crippen molar-refractivity contribution in [1.29, 1.82) is 0 Å². The van der Waals surface area contributed by atoms with Crippen LogP contribution in [0, 0.1) is 6.92 Å². The van der Waals surface area contributed by atoms with E-state index in [1.165, 1.54) is 18.5 Å². The molecule has 4 rings (SSSR count). The normalized spacial score (nSPS) is 14.2. The van der Waals surface area contributed by atoms with Crippen LogP contribution >= 0.6 is 11.6 Å². The summed E-state index contributed by atoms with van der Waals surface area (Å²) in [5.74, 6) is 0.0974. The van der Waals surface area contributed by atoms with E-state index in [2.05, 4.69) is 34.5 Å². The van der Waals surface area contributed by atoms with Crippen molar-refractivity contribution in [3.63, 3.8) is 0 Å². The highest BCUT2D eigenvalue weighted by Gasteiger charge is 2.19. The predicted octanol–water partition coefficient (Wildman–Crippen LogP) is 4.92. The van der Waals surface area contributed by atoms with Crippen LogP contribution in [-0.4, -0.2) is 19.0 Å². The smallest absolute Gasteiger partial charge is 0.287 e. The number of halogens is 1. The number of nitrogens with zero attached hydrogens (tertiary/aromatic N) is 1. The Labute approximate surface area is 157 Å². The summed E-state index contributed by atoms with van der Waals surface area (Å²) in [6.45, 7) is 4.60. The zero-order valence-corrected chi connectivity index (χ0v) is 15.5. The van der Waals surface area contributed by atoms with E-state index in [1.54, 1.807) is 6.07 Å². The van der Waals surface area contributed by atoms with Crippen molar-refractivity contribution in [2.75, 3.05) is 18.0 Å². The van der Waals surface area contributed by atoms with Crippen molar-refractivity contribution < 1.29 is 9.21 Å². The second-order valence-corrected chi connectivity index (χ2v) is 7.12. The van der Waals surface area contributed by atoms with Crippen LogP contribution in [0.1, 0.15) is 34.5 Å². The second kappa shape index (κ2) is 7.04. The molecule has 5 heteroatoms. The van der Waals surface area contributed by atoms with E-state index < -0.39 is 0 Å². The molecule has 1 aromatic heterocycles. The summed E-state index contributed by atoms with van der Waals surface area (Å²) in [7, 11) is 0. The molecule has 1 amide bonds. The maximum Gasteiger partial charge on any atom is 0.287 e. The molecule has 1 N–H and O–H groups in total. The maximum absolute atomic E-state index is 12.5. The minimum Gasteiger partial charge on any atom is -0.449 e. The van der Waals surface area contributed by atoms with Gasteiger partial charge < -0.3 is 14.6 Å². The predicted molar refractivity (Wildman–Crippen MR) is 105 cm³/mol. The summed E-state index contributed by atoms with van der Waals surface area (Å²) in [4.78, 5) is 14.9. The van der Waals surface area contributed by atoms with Crippen LogP contribution in [-0.2, 0) is 6.54 Å². The Balaban J connectivity index is 1.45. The molecule has 0 bridgehead atoms. The summed E-state index contributed by atoms with van der Waals surface area (Å²) in [6, 6.07) is 13.9. The van der Waals surface area contributed by atoms with Crippen molar-refractivity contribution in [2.24, 2.45) is 0 Å². The molecule has 4 nitrogen and oxygen atoms in total. The van der Waals surface area contributed by atoms with Gasteiger partial charge in [0.05, 0.1) is 5.02 Å². The number of carbonyl (C=O) groups is 1. The standard InChI is InChI=1S/C21H21ClN2O2/c1-14-17-5-4-6-18(22)20(17)26-19(14)21(25)23-13-15-7-9-16(10-8-15)24-11-2-3-12-24/h4-10H,2-3,11-13H2,1H3,(H,23,25). The molecule has 0 atom stereocenters. The summed E-state index contributed by atoms with van der Waals surface area (Å²) in [6.07, 6.45) is 2.53. The Morgan fingerprint density at radius 3 is 2.58 bits per heavy atom. The lowest BCUT2D eigenvalue weighted by Gasteiger charge is -2.17. The first-order valence-corrected chi connectivity index (χ1v) is 9.31. The zero-order chi connectivity index (χ0) is 18.1. The molecule has 26 heavy (non-hydrogen) atoms. The summed E-state index contributed by atoms with van der Waals surface area (Å²) in [5.41, 5.74) is 3.68. The van der Waals surface area contributed by atoms with Gasteiger partial charge in [-0.05, 0) is 43.5 Å². The fourth-order valence-electron chi connectivity index (χ4n) is 3.49. The van der Waals surface area contributed by atoms with E-state index in [4.69, 9.17) is 16.0 Å².